The fourth-order valence-corrected chi connectivity index (χ4v) is 0.394. The van der Waals surface area contributed by atoms with Gasteiger partial charge in [0.25, 0.3) is 0 Å². The number of hydrogen-bond donors (Lipinski definition) is 1. The fourth-order valence-electron chi connectivity index (χ4n) is 0.394. The van der Waals surface area contributed by atoms with Crippen molar-refractivity contribution in [2.75, 3.05) is 6.54 Å². The standard InChI is InChI=1S/C5H13N.C4H10.C2H6/c1-2-3-4-5-6;1-3-4-2;1-2/h2-6H2,1H3;3-4H2,1-2H3;1-2H3. The van der Waals surface area contributed by atoms with Crippen molar-refractivity contribution in [3.63, 3.8) is 0 Å². The van der Waals surface area contributed by atoms with E-state index in [9.17, 15) is 0 Å². The van der Waals surface area contributed by atoms with E-state index in [-0.39, 0.29) is 0 Å². The fraction of sp³-hybridized carbons (Fsp3) is 1.00. The minimum atomic E-state index is 0.855. The zero-order valence-electron chi connectivity index (χ0n) is 9.82. The summed E-state index contributed by atoms with van der Waals surface area (Å²) in [7, 11) is 0. The summed E-state index contributed by atoms with van der Waals surface area (Å²) in [6.07, 6.45) is 6.39. The molecule has 2 N–H and O–H groups in total. The molecule has 0 aromatic rings. The van der Waals surface area contributed by atoms with Crippen LogP contribution in [0.2, 0.25) is 0 Å². The smallest absolute Gasteiger partial charge is 0.00773 e. The van der Waals surface area contributed by atoms with Crippen LogP contribution in [0.5, 0.6) is 0 Å². The largest absolute Gasteiger partial charge is 0.330 e. The topological polar surface area (TPSA) is 26.0 Å². The van der Waals surface area contributed by atoms with E-state index in [4.69, 9.17) is 5.73 Å². The summed E-state index contributed by atoms with van der Waals surface area (Å²) in [5.74, 6) is 0. The van der Waals surface area contributed by atoms with Crippen LogP contribution >= 0.6 is 0 Å². The minimum Gasteiger partial charge on any atom is -0.330 e. The number of hydrogen-bond acceptors (Lipinski definition) is 1. The molecule has 12 heavy (non-hydrogen) atoms. The van der Waals surface area contributed by atoms with E-state index in [1.807, 2.05) is 13.8 Å². The van der Waals surface area contributed by atoms with Crippen molar-refractivity contribution < 1.29 is 0 Å². The predicted molar refractivity (Wildman–Crippen MR) is 60.5 cm³/mol. The molecule has 0 heterocycles. The molecule has 0 spiro atoms. The van der Waals surface area contributed by atoms with E-state index in [2.05, 4.69) is 20.8 Å². The summed E-state index contributed by atoms with van der Waals surface area (Å²) in [4.78, 5) is 0. The van der Waals surface area contributed by atoms with Gasteiger partial charge < -0.3 is 5.73 Å². The molecule has 0 aliphatic heterocycles. The molecule has 0 aromatic carbocycles. The first-order valence-corrected chi connectivity index (χ1v) is 5.53. The van der Waals surface area contributed by atoms with E-state index in [1.54, 1.807) is 0 Å². The molecule has 0 rings (SSSR count). The first-order valence-electron chi connectivity index (χ1n) is 5.53. The second-order valence-corrected chi connectivity index (χ2v) is 2.50. The Kier molecular flexibility index (Phi) is 45.6. The number of nitrogens with two attached hydrogens (primary N) is 1. The Morgan fingerprint density at radius 1 is 0.750 bits per heavy atom. The highest BCUT2D eigenvalue weighted by molar-refractivity contribution is 4.34. The number of unbranched alkanes of at least 4 members (excludes halogenated alkanes) is 3. The summed E-state index contributed by atoms with van der Waals surface area (Å²) >= 11 is 0. The van der Waals surface area contributed by atoms with Crippen LogP contribution in [0.4, 0.5) is 0 Å². The molecule has 1 heteroatoms. The lowest BCUT2D eigenvalue weighted by atomic mass is 10.3. The summed E-state index contributed by atoms with van der Waals surface area (Å²) in [5.41, 5.74) is 5.21. The Bertz CT molecular complexity index is 30.0. The monoisotopic (exact) mass is 175 g/mol. The van der Waals surface area contributed by atoms with Gasteiger partial charge in [-0.3, -0.25) is 0 Å². The molecule has 0 saturated heterocycles. The van der Waals surface area contributed by atoms with Gasteiger partial charge in [0.2, 0.25) is 0 Å². The summed E-state index contributed by atoms with van der Waals surface area (Å²) in [5, 5.41) is 0. The lowest BCUT2D eigenvalue weighted by Crippen LogP contribution is -1.96. The van der Waals surface area contributed by atoms with Gasteiger partial charge in [-0.15, -0.1) is 0 Å². The Labute approximate surface area is 79.7 Å². The van der Waals surface area contributed by atoms with Gasteiger partial charge >= 0.3 is 0 Å². The maximum atomic E-state index is 5.21. The Morgan fingerprint density at radius 2 is 1.17 bits per heavy atom. The zero-order valence-corrected chi connectivity index (χ0v) is 9.82. The van der Waals surface area contributed by atoms with Gasteiger partial charge in [0.05, 0.1) is 0 Å². The van der Waals surface area contributed by atoms with Crippen LogP contribution in [-0.2, 0) is 0 Å². The molecular weight excluding hydrogens is 146 g/mol. The van der Waals surface area contributed by atoms with Crippen molar-refractivity contribution in [3.05, 3.63) is 0 Å². The molecular formula is C11H29N. The van der Waals surface area contributed by atoms with Crippen molar-refractivity contribution in [1.82, 2.24) is 0 Å². The third-order valence-corrected chi connectivity index (χ3v) is 1.31. The van der Waals surface area contributed by atoms with Crippen molar-refractivity contribution >= 4 is 0 Å². The molecule has 0 unspecified atom stereocenters. The molecule has 0 bridgehead atoms. The lowest BCUT2D eigenvalue weighted by Gasteiger charge is -1.86. The molecule has 0 aliphatic carbocycles. The highest BCUT2D eigenvalue weighted by atomic mass is 14.5. The minimum absolute atomic E-state index is 0.855. The van der Waals surface area contributed by atoms with Crippen LogP contribution in [0.1, 0.15) is 66.7 Å². The van der Waals surface area contributed by atoms with Gasteiger partial charge in [0.1, 0.15) is 0 Å². The van der Waals surface area contributed by atoms with Crippen LogP contribution in [-0.4, -0.2) is 6.54 Å². The van der Waals surface area contributed by atoms with Gasteiger partial charge in [-0.25, -0.2) is 0 Å². The molecule has 0 saturated carbocycles. The molecule has 0 aliphatic rings. The first kappa shape index (κ1) is 17.9. The average molecular weight is 175 g/mol. The zero-order chi connectivity index (χ0) is 10.2. The Morgan fingerprint density at radius 3 is 1.25 bits per heavy atom. The van der Waals surface area contributed by atoms with Crippen molar-refractivity contribution in [2.24, 2.45) is 5.73 Å². The quantitative estimate of drug-likeness (QED) is 0.643. The summed E-state index contributed by atoms with van der Waals surface area (Å²) < 4.78 is 0. The van der Waals surface area contributed by atoms with Gasteiger partial charge in [0, 0.05) is 0 Å². The Hall–Kier alpha value is -0.0400. The van der Waals surface area contributed by atoms with E-state index >= 15 is 0 Å². The molecule has 0 fully saturated rings. The third kappa shape index (κ3) is 51.0. The molecule has 0 aromatic heterocycles. The Balaban J connectivity index is -0.000000118. The van der Waals surface area contributed by atoms with E-state index < -0.39 is 0 Å². The van der Waals surface area contributed by atoms with Crippen molar-refractivity contribution in [3.8, 4) is 0 Å². The van der Waals surface area contributed by atoms with Crippen LogP contribution in [0.3, 0.4) is 0 Å². The van der Waals surface area contributed by atoms with Gasteiger partial charge in [-0.1, -0.05) is 60.3 Å². The lowest BCUT2D eigenvalue weighted by molar-refractivity contribution is 0.727. The molecule has 0 atom stereocenters. The van der Waals surface area contributed by atoms with Crippen molar-refractivity contribution in [1.29, 1.82) is 0 Å². The molecule has 78 valence electrons. The van der Waals surface area contributed by atoms with Crippen LogP contribution in [0, 0.1) is 0 Å². The van der Waals surface area contributed by atoms with Gasteiger partial charge in [-0.05, 0) is 13.0 Å². The maximum absolute atomic E-state index is 5.21. The van der Waals surface area contributed by atoms with Gasteiger partial charge in [0.15, 0.2) is 0 Å². The van der Waals surface area contributed by atoms with Crippen LogP contribution in [0.15, 0.2) is 0 Å². The first-order chi connectivity index (χ1) is 5.83. The van der Waals surface area contributed by atoms with Gasteiger partial charge in [-0.2, -0.15) is 0 Å². The second kappa shape index (κ2) is 30.6. The second-order valence-electron chi connectivity index (χ2n) is 2.50. The maximum Gasteiger partial charge on any atom is -0.00773 e. The number of rotatable bonds is 4. The van der Waals surface area contributed by atoms with E-state index in [0.717, 1.165) is 6.54 Å². The summed E-state index contributed by atoms with van der Waals surface area (Å²) in [6, 6.07) is 0. The van der Waals surface area contributed by atoms with E-state index in [1.165, 1.54) is 32.1 Å². The van der Waals surface area contributed by atoms with Crippen molar-refractivity contribution in [2.45, 2.75) is 66.7 Å². The molecule has 0 radical (unpaired) electrons. The van der Waals surface area contributed by atoms with Crippen LogP contribution in [0.25, 0.3) is 0 Å². The average Bonchev–Trinajstić information content (AvgIpc) is 2.18. The molecule has 0 amide bonds. The SMILES string of the molecule is CC.CCCC.CCCCCN. The predicted octanol–water partition coefficient (Wildman–Crippen LogP) is 3.97. The summed E-state index contributed by atoms with van der Waals surface area (Å²) in [6.45, 7) is 11.4. The van der Waals surface area contributed by atoms with E-state index in [0.29, 0.717) is 0 Å². The highest BCUT2D eigenvalue weighted by Gasteiger charge is 1.75. The third-order valence-electron chi connectivity index (χ3n) is 1.31. The normalized spacial score (nSPS) is 7.50. The highest BCUT2D eigenvalue weighted by Crippen LogP contribution is 1.88. The van der Waals surface area contributed by atoms with Crippen LogP contribution < -0.4 is 5.73 Å². The molecule has 1 nitrogen and oxygen atoms in total.